The molecule has 1 atom stereocenters. The highest BCUT2D eigenvalue weighted by atomic mass is 35.5. The number of rotatable bonds is 6. The van der Waals surface area contributed by atoms with E-state index < -0.39 is 17.4 Å². The van der Waals surface area contributed by atoms with Crippen molar-refractivity contribution in [3.63, 3.8) is 0 Å². The highest BCUT2D eigenvalue weighted by Gasteiger charge is 2.29. The van der Waals surface area contributed by atoms with Crippen LogP contribution in [0, 0.1) is 5.41 Å². The summed E-state index contributed by atoms with van der Waals surface area (Å²) >= 11 is 5.93. The number of carboxylic acids is 1. The summed E-state index contributed by atoms with van der Waals surface area (Å²) in [6, 6.07) is 6.99. The van der Waals surface area contributed by atoms with Gasteiger partial charge in [-0.3, -0.25) is 9.59 Å². The lowest BCUT2D eigenvalue weighted by molar-refractivity contribution is -0.138. The molecule has 110 valence electrons. The molecule has 4 nitrogen and oxygen atoms in total. The van der Waals surface area contributed by atoms with Crippen LogP contribution in [0.5, 0.6) is 0 Å². The van der Waals surface area contributed by atoms with Gasteiger partial charge >= 0.3 is 5.97 Å². The molecule has 0 saturated carbocycles. The molecule has 0 aromatic heterocycles. The van der Waals surface area contributed by atoms with Crippen LogP contribution in [0.25, 0.3) is 0 Å². The van der Waals surface area contributed by atoms with E-state index in [2.05, 4.69) is 5.32 Å². The Labute approximate surface area is 124 Å². The predicted octanol–water partition coefficient (Wildman–Crippen LogP) is 2.89. The van der Waals surface area contributed by atoms with Crippen molar-refractivity contribution in [2.24, 2.45) is 5.41 Å². The Kier molecular flexibility index (Phi) is 5.57. The zero-order valence-electron chi connectivity index (χ0n) is 11.9. The number of aliphatic carboxylic acids is 1. The summed E-state index contributed by atoms with van der Waals surface area (Å²) < 4.78 is 0. The summed E-state index contributed by atoms with van der Waals surface area (Å²) in [5, 5.41) is 12.1. The van der Waals surface area contributed by atoms with Crippen LogP contribution in [0.1, 0.15) is 32.8 Å². The average molecular weight is 298 g/mol. The smallest absolute Gasteiger partial charge is 0.305 e. The summed E-state index contributed by atoms with van der Waals surface area (Å²) in [4.78, 5) is 22.8. The molecule has 0 aliphatic heterocycles. The molecule has 1 rings (SSSR count). The van der Waals surface area contributed by atoms with Crippen LogP contribution < -0.4 is 5.32 Å². The second kappa shape index (κ2) is 6.75. The van der Waals surface area contributed by atoms with Gasteiger partial charge in [0, 0.05) is 16.5 Å². The molecule has 1 amide bonds. The fourth-order valence-corrected chi connectivity index (χ4v) is 2.18. The first-order chi connectivity index (χ1) is 9.20. The first kappa shape index (κ1) is 16.5. The van der Waals surface area contributed by atoms with Crippen LogP contribution in [0.15, 0.2) is 24.3 Å². The van der Waals surface area contributed by atoms with Gasteiger partial charge in [-0.25, -0.2) is 0 Å². The minimum Gasteiger partial charge on any atom is -0.481 e. The average Bonchev–Trinajstić information content (AvgIpc) is 2.26. The maximum Gasteiger partial charge on any atom is 0.305 e. The van der Waals surface area contributed by atoms with Crippen LogP contribution in [0.4, 0.5) is 0 Å². The first-order valence-electron chi connectivity index (χ1n) is 6.48. The van der Waals surface area contributed by atoms with Crippen molar-refractivity contribution in [1.29, 1.82) is 0 Å². The zero-order valence-corrected chi connectivity index (χ0v) is 12.7. The maximum absolute atomic E-state index is 12.2. The van der Waals surface area contributed by atoms with Crippen molar-refractivity contribution in [3.05, 3.63) is 34.9 Å². The second-order valence-corrected chi connectivity index (χ2v) is 6.10. The van der Waals surface area contributed by atoms with Crippen LogP contribution in [-0.4, -0.2) is 23.0 Å². The van der Waals surface area contributed by atoms with Gasteiger partial charge in [0.15, 0.2) is 0 Å². The van der Waals surface area contributed by atoms with Gasteiger partial charge in [-0.15, -0.1) is 0 Å². The third-order valence-corrected chi connectivity index (χ3v) is 3.24. The molecule has 0 aliphatic rings. The van der Waals surface area contributed by atoms with Crippen LogP contribution in [0.2, 0.25) is 5.02 Å². The fourth-order valence-electron chi connectivity index (χ4n) is 1.97. The van der Waals surface area contributed by atoms with Crippen molar-refractivity contribution in [2.45, 2.75) is 39.7 Å². The van der Waals surface area contributed by atoms with E-state index in [-0.39, 0.29) is 12.3 Å². The van der Waals surface area contributed by atoms with Gasteiger partial charge in [-0.2, -0.15) is 0 Å². The predicted molar refractivity (Wildman–Crippen MR) is 78.8 cm³/mol. The largest absolute Gasteiger partial charge is 0.481 e. The van der Waals surface area contributed by atoms with E-state index in [0.717, 1.165) is 5.56 Å². The summed E-state index contributed by atoms with van der Waals surface area (Å²) in [7, 11) is 0. The molecule has 0 aliphatic carbocycles. The molecule has 0 radical (unpaired) electrons. The van der Waals surface area contributed by atoms with Crippen molar-refractivity contribution < 1.29 is 14.7 Å². The topological polar surface area (TPSA) is 66.4 Å². The summed E-state index contributed by atoms with van der Waals surface area (Å²) in [6.07, 6.45) is 0.457. The first-order valence-corrected chi connectivity index (χ1v) is 6.86. The van der Waals surface area contributed by atoms with Gasteiger partial charge in [0.1, 0.15) is 0 Å². The number of hydrogen-bond donors (Lipinski definition) is 2. The van der Waals surface area contributed by atoms with Gasteiger partial charge < -0.3 is 10.4 Å². The molecule has 1 aromatic carbocycles. The SMILES string of the molecule is CC(CC(=O)O)NC(=O)C(C)(C)Cc1cccc(Cl)c1. The normalized spacial score (nSPS) is 12.8. The van der Waals surface area contributed by atoms with E-state index in [4.69, 9.17) is 16.7 Å². The van der Waals surface area contributed by atoms with Crippen molar-refractivity contribution in [2.75, 3.05) is 0 Å². The lowest BCUT2D eigenvalue weighted by Gasteiger charge is -2.25. The second-order valence-electron chi connectivity index (χ2n) is 5.66. The van der Waals surface area contributed by atoms with Crippen LogP contribution in [0.3, 0.4) is 0 Å². The molecule has 0 bridgehead atoms. The van der Waals surface area contributed by atoms with Gasteiger partial charge in [-0.1, -0.05) is 37.6 Å². The molecule has 1 aromatic rings. The number of hydrogen-bond acceptors (Lipinski definition) is 2. The molecule has 0 spiro atoms. The number of benzene rings is 1. The van der Waals surface area contributed by atoms with E-state index >= 15 is 0 Å². The Hall–Kier alpha value is -1.55. The molecule has 0 fully saturated rings. The number of halogens is 1. The van der Waals surface area contributed by atoms with E-state index in [0.29, 0.717) is 11.4 Å². The number of carbonyl (C=O) groups excluding carboxylic acids is 1. The fraction of sp³-hybridized carbons (Fsp3) is 0.467. The highest BCUT2D eigenvalue weighted by molar-refractivity contribution is 6.30. The van der Waals surface area contributed by atoms with Gasteiger partial charge in [0.05, 0.1) is 6.42 Å². The van der Waals surface area contributed by atoms with Crippen LogP contribution in [-0.2, 0) is 16.0 Å². The van der Waals surface area contributed by atoms with E-state index in [1.54, 1.807) is 13.0 Å². The van der Waals surface area contributed by atoms with Crippen molar-refractivity contribution in [1.82, 2.24) is 5.32 Å². The third-order valence-electron chi connectivity index (χ3n) is 3.01. The van der Waals surface area contributed by atoms with E-state index in [1.165, 1.54) is 0 Å². The third kappa shape index (κ3) is 5.21. The lowest BCUT2D eigenvalue weighted by Crippen LogP contribution is -2.43. The van der Waals surface area contributed by atoms with E-state index in [1.807, 2.05) is 32.0 Å². The minimum absolute atomic E-state index is 0.0843. The highest BCUT2D eigenvalue weighted by Crippen LogP contribution is 2.24. The number of carboxylic acid groups (broad SMARTS) is 1. The van der Waals surface area contributed by atoms with Crippen molar-refractivity contribution >= 4 is 23.5 Å². The molecule has 5 heteroatoms. The quantitative estimate of drug-likeness (QED) is 0.848. The molecule has 2 N–H and O–H groups in total. The van der Waals surface area contributed by atoms with Gasteiger partial charge in [-0.05, 0) is 31.0 Å². The number of amides is 1. The van der Waals surface area contributed by atoms with Gasteiger partial charge in [0.2, 0.25) is 5.91 Å². The van der Waals surface area contributed by atoms with Gasteiger partial charge in [0.25, 0.3) is 0 Å². The Balaban J connectivity index is 2.67. The maximum atomic E-state index is 12.2. The Morgan fingerprint density at radius 3 is 2.60 bits per heavy atom. The van der Waals surface area contributed by atoms with Crippen molar-refractivity contribution in [3.8, 4) is 0 Å². The molecular weight excluding hydrogens is 278 g/mol. The Morgan fingerprint density at radius 2 is 2.05 bits per heavy atom. The standard InChI is InChI=1S/C15H20ClNO3/c1-10(7-13(18)19)17-14(20)15(2,3)9-11-5-4-6-12(16)8-11/h4-6,8,10H,7,9H2,1-3H3,(H,17,20)(H,18,19). The van der Waals surface area contributed by atoms with Crippen LogP contribution >= 0.6 is 11.6 Å². The van der Waals surface area contributed by atoms with E-state index in [9.17, 15) is 9.59 Å². The molecule has 0 saturated heterocycles. The zero-order chi connectivity index (χ0) is 15.3. The Bertz CT molecular complexity index is 500. The summed E-state index contributed by atoms with van der Waals surface area (Å²) in [5.41, 5.74) is 0.348. The molecular formula is C15H20ClNO3. The Morgan fingerprint density at radius 1 is 1.40 bits per heavy atom. The molecule has 0 heterocycles. The monoisotopic (exact) mass is 297 g/mol. The number of nitrogens with one attached hydrogen (secondary N) is 1. The molecule has 20 heavy (non-hydrogen) atoms. The summed E-state index contributed by atoms with van der Waals surface area (Å²) in [6.45, 7) is 5.34. The minimum atomic E-state index is -0.926. The summed E-state index contributed by atoms with van der Waals surface area (Å²) in [5.74, 6) is -1.09. The number of carbonyl (C=O) groups is 2. The lowest BCUT2D eigenvalue weighted by atomic mass is 9.84. The molecule has 1 unspecified atom stereocenters.